The van der Waals surface area contributed by atoms with Crippen molar-refractivity contribution in [3.63, 3.8) is 0 Å². The molecule has 104 valence electrons. The van der Waals surface area contributed by atoms with E-state index in [1.807, 2.05) is 19.1 Å². The Morgan fingerprint density at radius 3 is 2.74 bits per heavy atom. The SMILES string of the molecule is Cc1cc(O)c2c(c1)OC(C)(CCCC(C)C)C=C2. The molecule has 0 bridgehead atoms. The molecular weight excluding hydrogens is 236 g/mol. The summed E-state index contributed by atoms with van der Waals surface area (Å²) in [5.74, 6) is 1.83. The summed E-state index contributed by atoms with van der Waals surface area (Å²) < 4.78 is 6.12. The molecule has 0 amide bonds. The van der Waals surface area contributed by atoms with Gasteiger partial charge in [0.25, 0.3) is 0 Å². The predicted octanol–water partition coefficient (Wildman–Crippen LogP) is 4.69. The van der Waals surface area contributed by atoms with Gasteiger partial charge >= 0.3 is 0 Å². The fourth-order valence-electron chi connectivity index (χ4n) is 2.54. The minimum Gasteiger partial charge on any atom is -0.507 e. The summed E-state index contributed by atoms with van der Waals surface area (Å²) in [7, 11) is 0. The third-order valence-corrected chi connectivity index (χ3v) is 3.66. The highest BCUT2D eigenvalue weighted by atomic mass is 16.5. The maximum absolute atomic E-state index is 9.92. The van der Waals surface area contributed by atoms with Gasteiger partial charge in [-0.25, -0.2) is 0 Å². The third kappa shape index (κ3) is 3.31. The normalized spacial score (nSPS) is 21.3. The largest absolute Gasteiger partial charge is 0.507 e. The van der Waals surface area contributed by atoms with Crippen molar-refractivity contribution in [2.24, 2.45) is 5.92 Å². The van der Waals surface area contributed by atoms with Gasteiger partial charge in [0.15, 0.2) is 0 Å². The molecule has 1 N–H and O–H groups in total. The van der Waals surface area contributed by atoms with E-state index in [1.165, 1.54) is 6.42 Å². The fraction of sp³-hybridized carbons (Fsp3) is 0.529. The van der Waals surface area contributed by atoms with Crippen molar-refractivity contribution in [1.29, 1.82) is 0 Å². The van der Waals surface area contributed by atoms with E-state index in [4.69, 9.17) is 4.74 Å². The lowest BCUT2D eigenvalue weighted by Gasteiger charge is -2.32. The molecule has 1 aliphatic heterocycles. The molecule has 0 fully saturated rings. The highest BCUT2D eigenvalue weighted by Gasteiger charge is 2.28. The lowest BCUT2D eigenvalue weighted by molar-refractivity contribution is 0.122. The van der Waals surface area contributed by atoms with Gasteiger partial charge in [0, 0.05) is 0 Å². The molecule has 1 aliphatic rings. The average Bonchev–Trinajstić information content (AvgIpc) is 2.26. The first-order chi connectivity index (χ1) is 8.89. The number of phenols is 1. The van der Waals surface area contributed by atoms with Gasteiger partial charge in [-0.1, -0.05) is 20.3 Å². The molecule has 2 nitrogen and oxygen atoms in total. The van der Waals surface area contributed by atoms with Crippen LogP contribution in [0.3, 0.4) is 0 Å². The summed E-state index contributed by atoms with van der Waals surface area (Å²) >= 11 is 0. The van der Waals surface area contributed by atoms with Gasteiger partial charge in [-0.3, -0.25) is 0 Å². The molecule has 1 unspecified atom stereocenters. The number of aromatic hydroxyl groups is 1. The third-order valence-electron chi connectivity index (χ3n) is 3.66. The number of hydrogen-bond donors (Lipinski definition) is 1. The molecule has 0 saturated carbocycles. The minimum atomic E-state index is -0.248. The van der Waals surface area contributed by atoms with Crippen LogP contribution in [-0.2, 0) is 0 Å². The average molecular weight is 260 g/mol. The Labute approximate surface area is 116 Å². The molecule has 2 rings (SSSR count). The number of ether oxygens (including phenoxy) is 1. The Balaban J connectivity index is 2.13. The van der Waals surface area contributed by atoms with Gasteiger partial charge in [0.1, 0.15) is 17.1 Å². The second-order valence-electron chi connectivity index (χ2n) is 6.23. The highest BCUT2D eigenvalue weighted by molar-refractivity contribution is 5.67. The highest BCUT2D eigenvalue weighted by Crippen LogP contribution is 2.39. The zero-order valence-corrected chi connectivity index (χ0v) is 12.4. The monoisotopic (exact) mass is 260 g/mol. The van der Waals surface area contributed by atoms with Crippen molar-refractivity contribution in [3.8, 4) is 11.5 Å². The lowest BCUT2D eigenvalue weighted by Crippen LogP contribution is -2.32. The van der Waals surface area contributed by atoms with Crippen molar-refractivity contribution in [2.75, 3.05) is 0 Å². The summed E-state index contributed by atoms with van der Waals surface area (Å²) in [5.41, 5.74) is 1.57. The first-order valence-electron chi connectivity index (χ1n) is 7.11. The number of benzene rings is 1. The first-order valence-corrected chi connectivity index (χ1v) is 7.11. The number of aryl methyl sites for hydroxylation is 1. The molecule has 0 spiro atoms. The minimum absolute atomic E-state index is 0.248. The molecule has 19 heavy (non-hydrogen) atoms. The van der Waals surface area contributed by atoms with Crippen LogP contribution in [0.15, 0.2) is 18.2 Å². The number of rotatable bonds is 4. The molecule has 1 aromatic rings. The zero-order valence-electron chi connectivity index (χ0n) is 12.4. The van der Waals surface area contributed by atoms with Gasteiger partial charge in [-0.05, 0) is 62.5 Å². The second kappa shape index (κ2) is 5.28. The van der Waals surface area contributed by atoms with Gasteiger partial charge in [0.2, 0.25) is 0 Å². The van der Waals surface area contributed by atoms with E-state index in [9.17, 15) is 5.11 Å². The van der Waals surface area contributed by atoms with Gasteiger partial charge in [-0.15, -0.1) is 0 Å². The van der Waals surface area contributed by atoms with Crippen LogP contribution in [0.4, 0.5) is 0 Å². The van der Waals surface area contributed by atoms with Crippen molar-refractivity contribution < 1.29 is 9.84 Å². The molecule has 1 aromatic carbocycles. The fourth-order valence-corrected chi connectivity index (χ4v) is 2.54. The molecule has 0 radical (unpaired) electrons. The Morgan fingerprint density at radius 1 is 1.32 bits per heavy atom. The maximum Gasteiger partial charge on any atom is 0.131 e. The first kappa shape index (κ1) is 14.0. The summed E-state index contributed by atoms with van der Waals surface area (Å²) in [6, 6.07) is 3.77. The van der Waals surface area contributed by atoms with Crippen LogP contribution >= 0.6 is 0 Å². The van der Waals surface area contributed by atoms with E-state index in [0.717, 1.165) is 35.6 Å². The standard InChI is InChI=1S/C17H24O2/c1-12(2)6-5-8-17(4)9-7-14-15(18)10-13(3)11-16(14)19-17/h7,9-12,18H,5-6,8H2,1-4H3. The summed E-state index contributed by atoms with van der Waals surface area (Å²) in [4.78, 5) is 0. The van der Waals surface area contributed by atoms with E-state index < -0.39 is 0 Å². The van der Waals surface area contributed by atoms with Crippen LogP contribution in [0.1, 0.15) is 51.2 Å². The van der Waals surface area contributed by atoms with Crippen molar-refractivity contribution in [2.45, 2.75) is 52.6 Å². The molecule has 1 heterocycles. The van der Waals surface area contributed by atoms with E-state index in [-0.39, 0.29) is 5.60 Å². The van der Waals surface area contributed by atoms with Crippen LogP contribution in [0.25, 0.3) is 6.08 Å². The second-order valence-corrected chi connectivity index (χ2v) is 6.23. The molecule has 2 heteroatoms. The molecule has 1 atom stereocenters. The Bertz CT molecular complexity index is 488. The quantitative estimate of drug-likeness (QED) is 0.851. The van der Waals surface area contributed by atoms with Crippen LogP contribution in [0.5, 0.6) is 11.5 Å². The van der Waals surface area contributed by atoms with E-state index in [2.05, 4.69) is 26.8 Å². The van der Waals surface area contributed by atoms with Crippen molar-refractivity contribution in [3.05, 3.63) is 29.3 Å². The summed E-state index contributed by atoms with van der Waals surface area (Å²) in [5, 5.41) is 9.92. The van der Waals surface area contributed by atoms with Crippen molar-refractivity contribution in [1.82, 2.24) is 0 Å². The van der Waals surface area contributed by atoms with Crippen molar-refractivity contribution >= 4 is 6.08 Å². The zero-order chi connectivity index (χ0) is 14.0. The van der Waals surface area contributed by atoms with E-state index in [1.54, 1.807) is 6.07 Å². The molecule has 0 aromatic heterocycles. The molecule has 0 aliphatic carbocycles. The van der Waals surface area contributed by atoms with Crippen LogP contribution in [-0.4, -0.2) is 10.7 Å². The van der Waals surface area contributed by atoms with Gasteiger partial charge in [-0.2, -0.15) is 0 Å². The number of hydrogen-bond acceptors (Lipinski definition) is 2. The molecular formula is C17H24O2. The van der Waals surface area contributed by atoms with Crippen LogP contribution in [0, 0.1) is 12.8 Å². The lowest BCUT2D eigenvalue weighted by atomic mass is 9.92. The maximum atomic E-state index is 9.92. The predicted molar refractivity (Wildman–Crippen MR) is 79.6 cm³/mol. The number of fused-ring (bicyclic) bond motifs is 1. The summed E-state index contributed by atoms with van der Waals surface area (Å²) in [6.45, 7) is 8.58. The Kier molecular flexibility index (Phi) is 3.88. The number of phenolic OH excluding ortho intramolecular Hbond substituents is 1. The van der Waals surface area contributed by atoms with Gasteiger partial charge in [0.05, 0.1) is 5.56 Å². The summed E-state index contributed by atoms with van der Waals surface area (Å²) in [6.07, 6.45) is 7.45. The van der Waals surface area contributed by atoms with Crippen LogP contribution < -0.4 is 4.74 Å². The van der Waals surface area contributed by atoms with E-state index in [0.29, 0.717) is 5.75 Å². The van der Waals surface area contributed by atoms with E-state index >= 15 is 0 Å². The smallest absolute Gasteiger partial charge is 0.131 e. The topological polar surface area (TPSA) is 29.5 Å². The Morgan fingerprint density at radius 2 is 2.05 bits per heavy atom. The van der Waals surface area contributed by atoms with Gasteiger partial charge < -0.3 is 9.84 Å². The van der Waals surface area contributed by atoms with Crippen LogP contribution in [0.2, 0.25) is 0 Å². The molecule has 0 saturated heterocycles. The Hall–Kier alpha value is -1.44.